The number of thioether (sulfide) groups is 1. The van der Waals surface area contributed by atoms with Crippen molar-refractivity contribution in [3.63, 3.8) is 0 Å². The van der Waals surface area contributed by atoms with Crippen LogP contribution in [-0.2, 0) is 4.79 Å². The van der Waals surface area contributed by atoms with Crippen LogP contribution in [0.2, 0.25) is 5.02 Å². The van der Waals surface area contributed by atoms with Gasteiger partial charge in [-0.1, -0.05) is 47.6 Å². The van der Waals surface area contributed by atoms with Crippen molar-refractivity contribution >= 4 is 35.2 Å². The molecule has 6 nitrogen and oxygen atoms in total. The van der Waals surface area contributed by atoms with Gasteiger partial charge in [0.15, 0.2) is 5.16 Å². The average Bonchev–Trinajstić information content (AvgIpc) is 3.14. The fourth-order valence-corrected chi connectivity index (χ4v) is 3.13. The molecule has 3 rings (SSSR count). The number of nitrogens with zero attached hydrogens (tertiary/aromatic N) is 2. The van der Waals surface area contributed by atoms with E-state index in [0.717, 1.165) is 5.69 Å². The number of nitrogens with one attached hydrogen (secondary N) is 2. The lowest BCUT2D eigenvalue weighted by Crippen LogP contribution is -2.42. The van der Waals surface area contributed by atoms with Gasteiger partial charge in [0.05, 0.1) is 5.75 Å². The Morgan fingerprint density at radius 1 is 1.08 bits per heavy atom. The second-order valence-electron chi connectivity index (χ2n) is 5.22. The largest absolute Gasteiger partial charge is 0.295 e. The van der Waals surface area contributed by atoms with Crippen molar-refractivity contribution in [3.8, 4) is 5.69 Å². The Kier molecular flexibility index (Phi) is 5.93. The van der Waals surface area contributed by atoms with E-state index in [1.165, 1.54) is 11.8 Å². The molecule has 0 bridgehead atoms. The summed E-state index contributed by atoms with van der Waals surface area (Å²) >= 11 is 7.27. The average molecular weight is 387 g/mol. The van der Waals surface area contributed by atoms with E-state index in [1.807, 2.05) is 28.8 Å². The van der Waals surface area contributed by atoms with Crippen LogP contribution in [0.5, 0.6) is 0 Å². The molecule has 8 heteroatoms. The molecule has 26 heavy (non-hydrogen) atoms. The maximum Gasteiger partial charge on any atom is 0.269 e. The zero-order valence-electron chi connectivity index (χ0n) is 13.6. The number of hydrogen-bond donors (Lipinski definition) is 2. The maximum atomic E-state index is 12.0. The zero-order chi connectivity index (χ0) is 18.4. The first kappa shape index (κ1) is 18.0. The van der Waals surface area contributed by atoms with E-state index in [4.69, 9.17) is 11.6 Å². The predicted molar refractivity (Wildman–Crippen MR) is 101 cm³/mol. The smallest absolute Gasteiger partial charge is 0.269 e. The van der Waals surface area contributed by atoms with Crippen LogP contribution in [0.25, 0.3) is 5.69 Å². The molecule has 3 aromatic rings. The summed E-state index contributed by atoms with van der Waals surface area (Å²) in [5.74, 6) is -0.601. The first-order chi connectivity index (χ1) is 12.6. The minimum atomic E-state index is -0.371. The van der Waals surface area contributed by atoms with Crippen molar-refractivity contribution in [2.75, 3.05) is 5.75 Å². The van der Waals surface area contributed by atoms with E-state index < -0.39 is 0 Å². The Balaban J connectivity index is 1.54. The predicted octanol–water partition coefficient (Wildman–Crippen LogP) is 3.08. The lowest BCUT2D eigenvalue weighted by atomic mass is 10.2. The van der Waals surface area contributed by atoms with Gasteiger partial charge in [-0.15, -0.1) is 0 Å². The van der Waals surface area contributed by atoms with Crippen molar-refractivity contribution in [3.05, 3.63) is 77.6 Å². The molecular formula is C18H15ClN4O2S. The van der Waals surface area contributed by atoms with Crippen LogP contribution in [0.1, 0.15) is 10.4 Å². The monoisotopic (exact) mass is 386 g/mol. The molecule has 132 valence electrons. The van der Waals surface area contributed by atoms with Crippen LogP contribution < -0.4 is 10.9 Å². The minimum absolute atomic E-state index is 0.104. The van der Waals surface area contributed by atoms with Gasteiger partial charge in [-0.25, -0.2) is 4.98 Å². The molecule has 0 unspecified atom stereocenters. The maximum absolute atomic E-state index is 12.0. The fraction of sp³-hybridized carbons (Fsp3) is 0.0556. The summed E-state index contributed by atoms with van der Waals surface area (Å²) < 4.78 is 1.84. The number of rotatable bonds is 5. The molecule has 0 aliphatic rings. The number of carbonyl (C=O) groups excluding carboxylic acids is 2. The molecular weight excluding hydrogens is 372 g/mol. The third-order valence-electron chi connectivity index (χ3n) is 3.38. The third kappa shape index (κ3) is 4.65. The Morgan fingerprint density at radius 2 is 1.88 bits per heavy atom. The summed E-state index contributed by atoms with van der Waals surface area (Å²) in [5, 5.41) is 1.27. The van der Waals surface area contributed by atoms with Gasteiger partial charge in [0.2, 0.25) is 5.91 Å². The highest BCUT2D eigenvalue weighted by atomic mass is 35.5. The Morgan fingerprint density at radius 3 is 2.65 bits per heavy atom. The van der Waals surface area contributed by atoms with Gasteiger partial charge in [0, 0.05) is 28.7 Å². The van der Waals surface area contributed by atoms with Crippen LogP contribution in [0.4, 0.5) is 0 Å². The van der Waals surface area contributed by atoms with E-state index in [9.17, 15) is 9.59 Å². The SMILES string of the molecule is O=C(CSc1nccn1-c1cccc(Cl)c1)NNC(=O)c1ccccc1. The van der Waals surface area contributed by atoms with E-state index in [2.05, 4.69) is 15.8 Å². The molecule has 1 aromatic heterocycles. The summed E-state index contributed by atoms with van der Waals surface area (Å²) in [6, 6.07) is 16.0. The molecule has 2 amide bonds. The van der Waals surface area contributed by atoms with Crippen LogP contribution in [0, 0.1) is 0 Å². The number of halogens is 1. The van der Waals surface area contributed by atoms with E-state index in [-0.39, 0.29) is 17.6 Å². The molecule has 0 saturated heterocycles. The molecule has 0 fully saturated rings. The number of amides is 2. The fourth-order valence-electron chi connectivity index (χ4n) is 2.17. The van der Waals surface area contributed by atoms with E-state index in [1.54, 1.807) is 42.7 Å². The highest BCUT2D eigenvalue weighted by Crippen LogP contribution is 2.22. The molecule has 0 atom stereocenters. The van der Waals surface area contributed by atoms with Crippen molar-refractivity contribution in [2.24, 2.45) is 0 Å². The van der Waals surface area contributed by atoms with Gasteiger partial charge in [-0.2, -0.15) is 0 Å². The van der Waals surface area contributed by atoms with E-state index >= 15 is 0 Å². The molecule has 0 aliphatic carbocycles. The molecule has 1 heterocycles. The summed E-state index contributed by atoms with van der Waals surface area (Å²) in [7, 11) is 0. The molecule has 0 saturated carbocycles. The van der Waals surface area contributed by atoms with E-state index in [0.29, 0.717) is 15.7 Å². The highest BCUT2D eigenvalue weighted by molar-refractivity contribution is 7.99. The van der Waals surface area contributed by atoms with Crippen molar-refractivity contribution in [1.29, 1.82) is 0 Å². The number of hydrogen-bond acceptors (Lipinski definition) is 4. The second kappa shape index (κ2) is 8.55. The van der Waals surface area contributed by atoms with Crippen molar-refractivity contribution < 1.29 is 9.59 Å². The Hall–Kier alpha value is -2.77. The minimum Gasteiger partial charge on any atom is -0.295 e. The van der Waals surface area contributed by atoms with Crippen molar-refractivity contribution in [2.45, 2.75) is 5.16 Å². The molecule has 2 N–H and O–H groups in total. The number of hydrazine groups is 1. The van der Waals surface area contributed by atoms with Crippen LogP contribution in [0.3, 0.4) is 0 Å². The number of benzene rings is 2. The third-order valence-corrected chi connectivity index (χ3v) is 4.58. The Labute approximate surface area is 159 Å². The second-order valence-corrected chi connectivity index (χ2v) is 6.60. The van der Waals surface area contributed by atoms with Gasteiger partial charge in [-0.3, -0.25) is 25.0 Å². The van der Waals surface area contributed by atoms with Crippen LogP contribution in [-0.4, -0.2) is 27.1 Å². The van der Waals surface area contributed by atoms with Crippen LogP contribution in [0.15, 0.2) is 72.1 Å². The summed E-state index contributed by atoms with van der Waals surface area (Å²) in [6.07, 6.45) is 3.45. The number of carbonyl (C=O) groups is 2. The van der Waals surface area contributed by atoms with Gasteiger partial charge in [-0.05, 0) is 30.3 Å². The van der Waals surface area contributed by atoms with Crippen LogP contribution >= 0.6 is 23.4 Å². The van der Waals surface area contributed by atoms with Crippen molar-refractivity contribution in [1.82, 2.24) is 20.4 Å². The standard InChI is InChI=1S/C18H15ClN4O2S/c19-14-7-4-8-15(11-14)23-10-9-20-18(23)26-12-16(24)21-22-17(25)13-5-2-1-3-6-13/h1-11H,12H2,(H,21,24)(H,22,25). The Bertz CT molecular complexity index is 914. The van der Waals surface area contributed by atoms with Gasteiger partial charge in [0.1, 0.15) is 0 Å². The zero-order valence-corrected chi connectivity index (χ0v) is 15.1. The highest BCUT2D eigenvalue weighted by Gasteiger charge is 2.11. The summed E-state index contributed by atoms with van der Waals surface area (Å²) in [4.78, 5) is 28.1. The first-order valence-corrected chi connectivity index (χ1v) is 9.06. The van der Waals surface area contributed by atoms with Gasteiger partial charge >= 0.3 is 0 Å². The first-order valence-electron chi connectivity index (χ1n) is 7.70. The lowest BCUT2D eigenvalue weighted by molar-refractivity contribution is -0.119. The summed E-state index contributed by atoms with van der Waals surface area (Å²) in [6.45, 7) is 0. The molecule has 2 aromatic carbocycles. The number of aromatic nitrogens is 2. The molecule has 0 radical (unpaired) electrons. The summed E-state index contributed by atoms with van der Waals surface area (Å²) in [5.41, 5.74) is 6.11. The molecule has 0 spiro atoms. The quantitative estimate of drug-likeness (QED) is 0.522. The van der Waals surface area contributed by atoms with Gasteiger partial charge < -0.3 is 0 Å². The molecule has 0 aliphatic heterocycles. The number of imidazole rings is 1. The normalized spacial score (nSPS) is 10.3. The topological polar surface area (TPSA) is 76.0 Å². The van der Waals surface area contributed by atoms with Gasteiger partial charge in [0.25, 0.3) is 5.91 Å². The lowest BCUT2D eigenvalue weighted by Gasteiger charge is -2.09.